The summed E-state index contributed by atoms with van der Waals surface area (Å²) < 4.78 is 0. The Balaban J connectivity index is 2.25. The van der Waals surface area contributed by atoms with E-state index in [1.165, 1.54) is 4.80 Å². The molecule has 14 heavy (non-hydrogen) atoms. The van der Waals surface area contributed by atoms with Crippen LogP contribution >= 0.6 is 0 Å². The van der Waals surface area contributed by atoms with Crippen molar-refractivity contribution in [2.75, 3.05) is 6.61 Å². The smallest absolute Gasteiger partial charge is 0.143 e. The van der Waals surface area contributed by atoms with Gasteiger partial charge in [0, 0.05) is 5.56 Å². The molecule has 4 nitrogen and oxygen atoms in total. The fraction of sp³-hybridized carbons (Fsp3) is 0.200. The van der Waals surface area contributed by atoms with E-state index in [-0.39, 0.29) is 6.61 Å². The van der Waals surface area contributed by atoms with Crippen molar-refractivity contribution in [2.45, 2.75) is 6.54 Å². The number of aromatic nitrogens is 3. The first-order valence-electron chi connectivity index (χ1n) is 4.39. The van der Waals surface area contributed by atoms with Crippen molar-refractivity contribution >= 4 is 0 Å². The lowest BCUT2D eigenvalue weighted by Crippen LogP contribution is -2.05. The zero-order valence-electron chi connectivity index (χ0n) is 7.59. The van der Waals surface area contributed by atoms with Gasteiger partial charge in [-0.25, -0.2) is 0 Å². The Kier molecular flexibility index (Phi) is 2.55. The maximum atomic E-state index is 8.68. The summed E-state index contributed by atoms with van der Waals surface area (Å²) in [4.78, 5) is 1.43. The second-order valence-electron chi connectivity index (χ2n) is 2.85. The molecule has 0 amide bonds. The van der Waals surface area contributed by atoms with Gasteiger partial charge in [0.05, 0.1) is 13.2 Å². The van der Waals surface area contributed by atoms with Crippen LogP contribution in [0.2, 0.25) is 0 Å². The Morgan fingerprint density at radius 3 is 2.79 bits per heavy atom. The summed E-state index contributed by atoms with van der Waals surface area (Å²) in [6.45, 7) is 0.445. The topological polar surface area (TPSA) is 50.9 Å². The summed E-state index contributed by atoms with van der Waals surface area (Å²) in [5, 5.41) is 16.7. The van der Waals surface area contributed by atoms with Crippen molar-refractivity contribution in [2.24, 2.45) is 0 Å². The molecule has 1 heterocycles. The fourth-order valence-electron chi connectivity index (χ4n) is 1.17. The molecular formula is C10H10N3O. The number of hydrogen-bond donors (Lipinski definition) is 1. The van der Waals surface area contributed by atoms with Gasteiger partial charge in [0.1, 0.15) is 11.9 Å². The third kappa shape index (κ3) is 1.80. The van der Waals surface area contributed by atoms with Crippen LogP contribution in [0.4, 0.5) is 0 Å². The molecule has 2 aromatic rings. The number of nitrogens with zero attached hydrogens (tertiary/aromatic N) is 3. The van der Waals surface area contributed by atoms with Gasteiger partial charge in [-0.05, 0) is 0 Å². The van der Waals surface area contributed by atoms with Gasteiger partial charge in [-0.1, -0.05) is 30.3 Å². The standard InChI is InChI=1S/C10H10N3O/c14-7-6-13-11-8-10(12-13)9-4-2-1-3-5-9/h1-5,14H,6-7H2. The van der Waals surface area contributed by atoms with Crippen LogP contribution in [0.15, 0.2) is 30.3 Å². The molecule has 0 bridgehead atoms. The highest BCUT2D eigenvalue weighted by Gasteiger charge is 2.02. The van der Waals surface area contributed by atoms with Gasteiger partial charge in [0.15, 0.2) is 0 Å². The van der Waals surface area contributed by atoms with E-state index in [0.717, 1.165) is 5.56 Å². The largest absolute Gasteiger partial charge is 0.394 e. The van der Waals surface area contributed by atoms with Gasteiger partial charge in [0.25, 0.3) is 0 Å². The van der Waals surface area contributed by atoms with Crippen molar-refractivity contribution in [3.8, 4) is 11.3 Å². The lowest BCUT2D eigenvalue weighted by atomic mass is 10.2. The summed E-state index contributed by atoms with van der Waals surface area (Å²) >= 11 is 0. The molecule has 1 aromatic heterocycles. The van der Waals surface area contributed by atoms with Crippen molar-refractivity contribution in [1.82, 2.24) is 15.0 Å². The first-order chi connectivity index (χ1) is 6.90. The molecule has 0 saturated heterocycles. The monoisotopic (exact) mass is 188 g/mol. The summed E-state index contributed by atoms with van der Waals surface area (Å²) in [7, 11) is 0. The molecule has 0 atom stereocenters. The normalized spacial score (nSPS) is 10.4. The van der Waals surface area contributed by atoms with Crippen molar-refractivity contribution in [3.63, 3.8) is 0 Å². The van der Waals surface area contributed by atoms with Crippen LogP contribution in [0.25, 0.3) is 11.3 Å². The zero-order valence-corrected chi connectivity index (χ0v) is 7.59. The lowest BCUT2D eigenvalue weighted by molar-refractivity contribution is 0.260. The molecule has 0 fully saturated rings. The first-order valence-corrected chi connectivity index (χ1v) is 4.39. The Morgan fingerprint density at radius 2 is 2.07 bits per heavy atom. The van der Waals surface area contributed by atoms with E-state index < -0.39 is 0 Å². The van der Waals surface area contributed by atoms with E-state index >= 15 is 0 Å². The highest BCUT2D eigenvalue weighted by Crippen LogP contribution is 2.13. The van der Waals surface area contributed by atoms with Crippen LogP contribution in [0, 0.1) is 6.20 Å². The predicted octanol–water partition coefficient (Wildman–Crippen LogP) is 0.738. The molecule has 2 rings (SSSR count). The Bertz CT molecular complexity index is 397. The van der Waals surface area contributed by atoms with Gasteiger partial charge >= 0.3 is 0 Å². The van der Waals surface area contributed by atoms with Gasteiger partial charge < -0.3 is 5.11 Å². The molecule has 4 heteroatoms. The van der Waals surface area contributed by atoms with E-state index in [1.54, 1.807) is 0 Å². The van der Waals surface area contributed by atoms with Crippen molar-refractivity contribution in [3.05, 3.63) is 36.5 Å². The van der Waals surface area contributed by atoms with E-state index in [0.29, 0.717) is 12.2 Å². The minimum atomic E-state index is 0.0384. The molecule has 0 saturated carbocycles. The molecule has 1 aromatic carbocycles. The molecule has 0 aliphatic carbocycles. The Labute approximate surface area is 81.8 Å². The van der Waals surface area contributed by atoms with Crippen LogP contribution in [-0.2, 0) is 6.54 Å². The minimum Gasteiger partial charge on any atom is -0.394 e. The van der Waals surface area contributed by atoms with E-state index in [9.17, 15) is 0 Å². The average molecular weight is 188 g/mol. The molecular weight excluding hydrogens is 178 g/mol. The zero-order chi connectivity index (χ0) is 9.80. The van der Waals surface area contributed by atoms with Crippen LogP contribution < -0.4 is 0 Å². The molecule has 0 aliphatic rings. The van der Waals surface area contributed by atoms with Crippen LogP contribution in [-0.4, -0.2) is 26.7 Å². The Hall–Kier alpha value is -1.68. The highest BCUT2D eigenvalue weighted by atomic mass is 16.3. The second kappa shape index (κ2) is 4.02. The molecule has 1 radical (unpaired) electrons. The van der Waals surface area contributed by atoms with Crippen molar-refractivity contribution in [1.29, 1.82) is 0 Å². The maximum absolute atomic E-state index is 8.68. The maximum Gasteiger partial charge on any atom is 0.143 e. The SMILES string of the molecule is OCCn1n[c]c(-c2ccccc2)n1. The molecule has 71 valence electrons. The number of benzene rings is 1. The molecule has 0 unspecified atom stereocenters. The van der Waals surface area contributed by atoms with E-state index in [1.807, 2.05) is 30.3 Å². The number of aliphatic hydroxyl groups excluding tert-OH is 1. The van der Waals surface area contributed by atoms with Crippen LogP contribution in [0.3, 0.4) is 0 Å². The summed E-state index contributed by atoms with van der Waals surface area (Å²) in [5.74, 6) is 0. The van der Waals surface area contributed by atoms with Gasteiger partial charge in [-0.3, -0.25) is 0 Å². The van der Waals surface area contributed by atoms with Crippen LogP contribution in [0.1, 0.15) is 0 Å². The van der Waals surface area contributed by atoms with Gasteiger partial charge in [-0.15, -0.1) is 0 Å². The average Bonchev–Trinajstić information content (AvgIpc) is 2.68. The minimum absolute atomic E-state index is 0.0384. The quantitative estimate of drug-likeness (QED) is 0.772. The van der Waals surface area contributed by atoms with E-state index in [4.69, 9.17) is 5.11 Å². The highest BCUT2D eigenvalue weighted by molar-refractivity contribution is 5.56. The van der Waals surface area contributed by atoms with Gasteiger partial charge in [-0.2, -0.15) is 15.0 Å². The fourth-order valence-corrected chi connectivity index (χ4v) is 1.17. The van der Waals surface area contributed by atoms with Gasteiger partial charge in [0.2, 0.25) is 0 Å². The third-order valence-corrected chi connectivity index (χ3v) is 1.83. The molecule has 0 spiro atoms. The summed E-state index contributed by atoms with van der Waals surface area (Å²) in [6, 6.07) is 9.72. The first kappa shape index (κ1) is 8.90. The number of aliphatic hydroxyl groups is 1. The number of hydrogen-bond acceptors (Lipinski definition) is 3. The number of rotatable bonds is 3. The lowest BCUT2D eigenvalue weighted by Gasteiger charge is -1.94. The van der Waals surface area contributed by atoms with E-state index in [2.05, 4.69) is 16.4 Å². The molecule has 1 N–H and O–H groups in total. The predicted molar refractivity (Wildman–Crippen MR) is 51.4 cm³/mol. The summed E-state index contributed by atoms with van der Waals surface area (Å²) in [6.07, 6.45) is 2.80. The second-order valence-corrected chi connectivity index (χ2v) is 2.85. The Morgan fingerprint density at radius 1 is 1.29 bits per heavy atom. The van der Waals surface area contributed by atoms with Crippen molar-refractivity contribution < 1.29 is 5.11 Å². The summed E-state index contributed by atoms with van der Waals surface area (Å²) in [5.41, 5.74) is 1.69. The molecule has 0 aliphatic heterocycles. The van der Waals surface area contributed by atoms with Crippen LogP contribution in [0.5, 0.6) is 0 Å². The third-order valence-electron chi connectivity index (χ3n) is 1.83.